The van der Waals surface area contributed by atoms with E-state index in [9.17, 15) is 8.42 Å². The zero-order valence-electron chi connectivity index (χ0n) is 21.5. The van der Waals surface area contributed by atoms with Crippen LogP contribution >= 0.6 is 23.2 Å². The van der Waals surface area contributed by atoms with Crippen LogP contribution in [-0.4, -0.2) is 72.4 Å². The van der Waals surface area contributed by atoms with Gasteiger partial charge in [-0.15, -0.1) is 0 Å². The van der Waals surface area contributed by atoms with Gasteiger partial charge < -0.3 is 14.4 Å². The first kappa shape index (κ1) is 26.1. The Hall–Kier alpha value is -3.12. The first-order valence-electron chi connectivity index (χ1n) is 12.2. The van der Waals surface area contributed by atoms with Gasteiger partial charge in [-0.3, -0.25) is 10.1 Å². The van der Waals surface area contributed by atoms with Crippen LogP contribution in [0.25, 0.3) is 22.2 Å². The molecule has 3 aromatic heterocycles. The Balaban J connectivity index is 1.22. The van der Waals surface area contributed by atoms with Crippen LogP contribution in [0.2, 0.25) is 10.0 Å². The van der Waals surface area contributed by atoms with Gasteiger partial charge in [0.25, 0.3) is 0 Å². The third kappa shape index (κ3) is 4.67. The van der Waals surface area contributed by atoms with Gasteiger partial charge in [-0.05, 0) is 25.1 Å². The van der Waals surface area contributed by atoms with Crippen LogP contribution in [-0.2, 0) is 10.0 Å². The topological polar surface area (TPSA) is 114 Å². The normalized spacial score (nSPS) is 17.6. The molecule has 2 aliphatic rings. The molecule has 2 fully saturated rings. The van der Waals surface area contributed by atoms with Gasteiger partial charge in [0.2, 0.25) is 10.0 Å². The number of hydrogen-bond acceptors (Lipinski definition) is 8. The molecule has 13 heteroatoms. The number of nitrogens with one attached hydrogen (secondary N) is 1. The van der Waals surface area contributed by atoms with Crippen LogP contribution < -0.4 is 14.4 Å². The number of halogens is 2. The van der Waals surface area contributed by atoms with E-state index in [4.69, 9.17) is 32.7 Å². The van der Waals surface area contributed by atoms with Crippen molar-refractivity contribution >= 4 is 49.9 Å². The van der Waals surface area contributed by atoms with E-state index in [-0.39, 0.29) is 5.41 Å². The van der Waals surface area contributed by atoms with Crippen molar-refractivity contribution in [3.8, 4) is 22.8 Å². The average Bonchev–Trinajstić information content (AvgIpc) is 3.24. The van der Waals surface area contributed by atoms with E-state index in [1.54, 1.807) is 13.3 Å². The molecule has 1 spiro atoms. The molecule has 204 valence electrons. The summed E-state index contributed by atoms with van der Waals surface area (Å²) in [7, 11) is -1.54. The molecule has 1 atom stereocenters. The van der Waals surface area contributed by atoms with Gasteiger partial charge in [-0.2, -0.15) is 5.10 Å². The lowest BCUT2D eigenvalue weighted by Gasteiger charge is -2.59. The smallest absolute Gasteiger partial charge is 0.211 e. The van der Waals surface area contributed by atoms with Crippen LogP contribution in [0.4, 0.5) is 5.82 Å². The van der Waals surface area contributed by atoms with Gasteiger partial charge in [0.1, 0.15) is 17.6 Å². The highest BCUT2D eigenvalue weighted by atomic mass is 35.5. The van der Waals surface area contributed by atoms with E-state index in [2.05, 4.69) is 25.1 Å². The average molecular weight is 590 g/mol. The monoisotopic (exact) mass is 588 g/mol. The van der Waals surface area contributed by atoms with Crippen molar-refractivity contribution in [2.24, 2.45) is 5.41 Å². The highest BCUT2D eigenvalue weighted by Gasteiger charge is 2.54. The molecule has 4 aromatic rings. The van der Waals surface area contributed by atoms with Crippen molar-refractivity contribution in [2.75, 3.05) is 44.4 Å². The highest BCUT2D eigenvalue weighted by Crippen LogP contribution is 2.43. The third-order valence-electron chi connectivity index (χ3n) is 7.34. The fourth-order valence-electron chi connectivity index (χ4n) is 5.33. The Morgan fingerprint density at radius 1 is 1.05 bits per heavy atom. The van der Waals surface area contributed by atoms with Crippen LogP contribution in [0.5, 0.6) is 11.5 Å². The number of benzene rings is 1. The maximum absolute atomic E-state index is 11.7. The zero-order chi connectivity index (χ0) is 27.5. The molecule has 0 amide bonds. The minimum Gasteiger partial charge on any atom is -0.493 e. The van der Waals surface area contributed by atoms with E-state index >= 15 is 0 Å². The Bertz CT molecular complexity index is 1640. The van der Waals surface area contributed by atoms with E-state index in [1.807, 2.05) is 31.2 Å². The second kappa shape index (κ2) is 9.51. The number of aromatic amines is 1. The van der Waals surface area contributed by atoms with Crippen molar-refractivity contribution < 1.29 is 17.9 Å². The van der Waals surface area contributed by atoms with Gasteiger partial charge in [-0.1, -0.05) is 23.2 Å². The predicted molar refractivity (Wildman–Crippen MR) is 150 cm³/mol. The fraction of sp³-hybridized carbons (Fsp3) is 0.346. The molecule has 1 unspecified atom stereocenters. The molecule has 2 saturated heterocycles. The molecule has 39 heavy (non-hydrogen) atoms. The SMILES string of the molecule is COc1cc2[nH]nc(-c3ccc(N4CC5(C4)CN(S(C)(=O)=O)C5)nc3)c2cc1OC(C)c1c(Cl)cncc1Cl. The van der Waals surface area contributed by atoms with Crippen molar-refractivity contribution in [1.29, 1.82) is 0 Å². The number of anilines is 1. The Kier molecular flexibility index (Phi) is 6.37. The standard InChI is InChI=1S/C26H26Cl2N6O4S/c1-15(24-18(27)9-29-10-19(24)28)38-22-6-17-20(7-21(22)37-2)31-32-25(17)16-4-5-23(30-8-16)33-11-26(12-33)13-34(14-26)39(3,35)36/h4-10,15H,11-14H2,1-3H3,(H,31,32). The zero-order valence-corrected chi connectivity index (χ0v) is 23.8. The van der Waals surface area contributed by atoms with Crippen molar-refractivity contribution in [1.82, 2.24) is 24.5 Å². The molecule has 2 aliphatic heterocycles. The second-order valence-electron chi connectivity index (χ2n) is 10.2. The van der Waals surface area contributed by atoms with Gasteiger partial charge in [0, 0.05) is 72.8 Å². The van der Waals surface area contributed by atoms with Gasteiger partial charge in [0.05, 0.1) is 28.9 Å². The third-order valence-corrected chi connectivity index (χ3v) is 9.14. The summed E-state index contributed by atoms with van der Waals surface area (Å²) in [5, 5.41) is 9.28. The number of aromatic nitrogens is 4. The molecule has 0 saturated carbocycles. The molecule has 0 aliphatic carbocycles. The summed E-state index contributed by atoms with van der Waals surface area (Å²) < 4.78 is 36.8. The first-order valence-corrected chi connectivity index (χ1v) is 14.9. The van der Waals surface area contributed by atoms with Crippen LogP contribution in [0, 0.1) is 5.41 Å². The fourth-order valence-corrected chi connectivity index (χ4v) is 7.02. The lowest BCUT2D eigenvalue weighted by atomic mass is 9.74. The molecule has 1 aromatic carbocycles. The number of sulfonamides is 1. The summed E-state index contributed by atoms with van der Waals surface area (Å²) in [6, 6.07) is 7.66. The minimum absolute atomic E-state index is 0.0408. The van der Waals surface area contributed by atoms with Crippen LogP contribution in [0.3, 0.4) is 0 Å². The van der Waals surface area contributed by atoms with E-state index in [1.165, 1.54) is 23.0 Å². The van der Waals surface area contributed by atoms with Gasteiger partial charge >= 0.3 is 0 Å². The largest absolute Gasteiger partial charge is 0.493 e. The summed E-state index contributed by atoms with van der Waals surface area (Å²) in [6.07, 6.45) is 5.65. The lowest BCUT2D eigenvalue weighted by molar-refractivity contribution is 0.0395. The number of methoxy groups -OCH3 is 1. The van der Waals surface area contributed by atoms with E-state index < -0.39 is 16.1 Å². The van der Waals surface area contributed by atoms with Crippen LogP contribution in [0.15, 0.2) is 42.9 Å². The summed E-state index contributed by atoms with van der Waals surface area (Å²) in [6.45, 7) is 4.59. The van der Waals surface area contributed by atoms with Gasteiger partial charge in [-0.25, -0.2) is 17.7 Å². The predicted octanol–water partition coefficient (Wildman–Crippen LogP) is 4.56. The summed E-state index contributed by atoms with van der Waals surface area (Å²) in [5.41, 5.74) is 3.04. The number of nitrogens with zero attached hydrogens (tertiary/aromatic N) is 5. The number of ether oxygens (including phenoxy) is 2. The lowest BCUT2D eigenvalue weighted by Crippen LogP contribution is -2.73. The molecular formula is C26H26Cl2N6O4S. The summed E-state index contributed by atoms with van der Waals surface area (Å²) in [5.74, 6) is 1.91. The number of rotatable bonds is 7. The Morgan fingerprint density at radius 2 is 1.77 bits per heavy atom. The van der Waals surface area contributed by atoms with Crippen LogP contribution in [0.1, 0.15) is 18.6 Å². The van der Waals surface area contributed by atoms with Crippen molar-refractivity contribution in [2.45, 2.75) is 13.0 Å². The summed E-state index contributed by atoms with van der Waals surface area (Å²) in [4.78, 5) is 10.8. The Labute approximate surface area is 235 Å². The summed E-state index contributed by atoms with van der Waals surface area (Å²) >= 11 is 12.7. The number of hydrogen-bond donors (Lipinski definition) is 1. The van der Waals surface area contributed by atoms with E-state index in [0.717, 1.165) is 41.1 Å². The number of H-pyrrole nitrogens is 1. The molecule has 0 bridgehead atoms. The van der Waals surface area contributed by atoms with Crippen molar-refractivity contribution in [3.05, 3.63) is 58.5 Å². The molecular weight excluding hydrogens is 563 g/mol. The molecule has 5 heterocycles. The maximum atomic E-state index is 11.7. The maximum Gasteiger partial charge on any atom is 0.211 e. The Morgan fingerprint density at radius 3 is 2.38 bits per heavy atom. The quantitative estimate of drug-likeness (QED) is 0.334. The minimum atomic E-state index is -3.12. The molecule has 1 N–H and O–H groups in total. The first-order chi connectivity index (χ1) is 18.6. The van der Waals surface area contributed by atoms with Gasteiger partial charge in [0.15, 0.2) is 11.5 Å². The van der Waals surface area contributed by atoms with E-state index in [0.29, 0.717) is 40.2 Å². The number of pyridine rings is 2. The molecule has 6 rings (SSSR count). The number of fused-ring (bicyclic) bond motifs is 1. The second-order valence-corrected chi connectivity index (χ2v) is 13.0. The molecule has 10 nitrogen and oxygen atoms in total. The molecule has 0 radical (unpaired) electrons. The highest BCUT2D eigenvalue weighted by molar-refractivity contribution is 7.88. The van der Waals surface area contributed by atoms with Crippen molar-refractivity contribution in [3.63, 3.8) is 0 Å².